The zero-order valence-electron chi connectivity index (χ0n) is 11.0. The van der Waals surface area contributed by atoms with Crippen LogP contribution in [0.15, 0.2) is 0 Å². The maximum absolute atomic E-state index is 10.2. The quantitative estimate of drug-likeness (QED) is 0.733. The van der Waals surface area contributed by atoms with Crippen molar-refractivity contribution >= 4 is 0 Å². The predicted octanol–water partition coefficient (Wildman–Crippen LogP) is 2.08. The zero-order valence-corrected chi connectivity index (χ0v) is 11.0. The first-order chi connectivity index (χ1) is 7.63. The summed E-state index contributed by atoms with van der Waals surface area (Å²) in [4.78, 5) is 0. The summed E-state index contributed by atoms with van der Waals surface area (Å²) in [6.07, 6.45) is 6.72. The highest BCUT2D eigenvalue weighted by Crippen LogP contribution is 2.21. The Labute approximate surface area is 99.6 Å². The van der Waals surface area contributed by atoms with Crippen LogP contribution in [0.5, 0.6) is 0 Å². The molecule has 1 rings (SSSR count). The molecule has 3 heteroatoms. The lowest BCUT2D eigenvalue weighted by Crippen LogP contribution is -2.45. The Morgan fingerprint density at radius 3 is 2.19 bits per heavy atom. The molecule has 0 aromatic heterocycles. The minimum atomic E-state index is -0.516. The van der Waals surface area contributed by atoms with E-state index >= 15 is 0 Å². The van der Waals surface area contributed by atoms with Gasteiger partial charge in [0, 0.05) is 19.7 Å². The Bertz CT molecular complexity index is 184. The van der Waals surface area contributed by atoms with Crippen molar-refractivity contribution in [3.8, 4) is 0 Å². The molecular weight excluding hydrogens is 202 g/mol. The summed E-state index contributed by atoms with van der Waals surface area (Å²) in [5, 5.41) is 13.7. The van der Waals surface area contributed by atoms with E-state index in [9.17, 15) is 5.11 Å². The van der Waals surface area contributed by atoms with Crippen LogP contribution in [0.3, 0.4) is 0 Å². The van der Waals surface area contributed by atoms with E-state index < -0.39 is 5.60 Å². The third kappa shape index (κ3) is 4.04. The highest BCUT2D eigenvalue weighted by molar-refractivity contribution is 4.83. The fraction of sp³-hybridized carbons (Fsp3) is 1.00. The molecule has 0 aromatic rings. The number of rotatable bonds is 6. The van der Waals surface area contributed by atoms with Gasteiger partial charge in [0.1, 0.15) is 0 Å². The maximum atomic E-state index is 10.2. The van der Waals surface area contributed by atoms with Crippen LogP contribution < -0.4 is 5.32 Å². The summed E-state index contributed by atoms with van der Waals surface area (Å²) < 4.78 is 5.35. The second kappa shape index (κ2) is 6.58. The molecule has 0 atom stereocenters. The first-order valence-corrected chi connectivity index (χ1v) is 6.62. The van der Waals surface area contributed by atoms with Crippen molar-refractivity contribution in [3.05, 3.63) is 0 Å². The smallest absolute Gasteiger partial charge is 0.0766 e. The summed E-state index contributed by atoms with van der Waals surface area (Å²) >= 11 is 0. The molecule has 96 valence electrons. The Morgan fingerprint density at radius 2 is 1.75 bits per heavy atom. The average Bonchev–Trinajstić information content (AvgIpc) is 2.36. The molecule has 0 aromatic carbocycles. The van der Waals surface area contributed by atoms with Crippen LogP contribution in [0.25, 0.3) is 0 Å². The van der Waals surface area contributed by atoms with Gasteiger partial charge in [0.25, 0.3) is 0 Å². The van der Waals surface area contributed by atoms with E-state index in [1.165, 1.54) is 12.8 Å². The van der Waals surface area contributed by atoms with E-state index in [1.807, 2.05) is 13.8 Å². The third-order valence-corrected chi connectivity index (χ3v) is 4.04. The number of aliphatic hydroxyl groups is 1. The van der Waals surface area contributed by atoms with Gasteiger partial charge in [-0.15, -0.1) is 0 Å². The second-order valence-electron chi connectivity index (χ2n) is 5.02. The van der Waals surface area contributed by atoms with Gasteiger partial charge in [0.15, 0.2) is 0 Å². The Morgan fingerprint density at radius 1 is 1.19 bits per heavy atom. The first kappa shape index (κ1) is 13.9. The molecule has 16 heavy (non-hydrogen) atoms. The van der Waals surface area contributed by atoms with E-state index in [4.69, 9.17) is 4.74 Å². The van der Waals surface area contributed by atoms with Crippen LogP contribution in [-0.2, 0) is 4.74 Å². The topological polar surface area (TPSA) is 41.5 Å². The molecule has 1 fully saturated rings. The number of hydrogen-bond donors (Lipinski definition) is 2. The van der Waals surface area contributed by atoms with Crippen molar-refractivity contribution < 1.29 is 9.84 Å². The lowest BCUT2D eigenvalue weighted by Gasteiger charge is -2.32. The van der Waals surface area contributed by atoms with Gasteiger partial charge < -0.3 is 15.2 Å². The van der Waals surface area contributed by atoms with Gasteiger partial charge in [-0.3, -0.25) is 0 Å². The molecule has 0 spiro atoms. The monoisotopic (exact) mass is 229 g/mol. The van der Waals surface area contributed by atoms with Crippen LogP contribution >= 0.6 is 0 Å². The molecule has 0 bridgehead atoms. The van der Waals surface area contributed by atoms with E-state index in [2.05, 4.69) is 5.32 Å². The SMILES string of the molecule is CCC(O)(CC)CNC1CCC(OC)CC1. The van der Waals surface area contributed by atoms with Gasteiger partial charge in [0.2, 0.25) is 0 Å². The normalized spacial score (nSPS) is 27.0. The van der Waals surface area contributed by atoms with Gasteiger partial charge in [0.05, 0.1) is 11.7 Å². The molecule has 0 radical (unpaired) electrons. The predicted molar refractivity (Wildman–Crippen MR) is 66.6 cm³/mol. The van der Waals surface area contributed by atoms with Crippen LogP contribution in [0, 0.1) is 0 Å². The van der Waals surface area contributed by atoms with Crippen molar-refractivity contribution in [1.29, 1.82) is 0 Å². The fourth-order valence-corrected chi connectivity index (χ4v) is 2.34. The van der Waals surface area contributed by atoms with Crippen LogP contribution in [0.4, 0.5) is 0 Å². The van der Waals surface area contributed by atoms with Gasteiger partial charge in [-0.25, -0.2) is 0 Å². The first-order valence-electron chi connectivity index (χ1n) is 6.62. The van der Waals surface area contributed by atoms with E-state index in [0.29, 0.717) is 12.1 Å². The fourth-order valence-electron chi connectivity index (χ4n) is 2.34. The molecule has 1 saturated carbocycles. The summed E-state index contributed by atoms with van der Waals surface area (Å²) in [6.45, 7) is 4.82. The second-order valence-corrected chi connectivity index (χ2v) is 5.02. The van der Waals surface area contributed by atoms with Crippen LogP contribution in [0.1, 0.15) is 52.4 Å². The molecule has 2 N–H and O–H groups in total. The summed E-state index contributed by atoms with van der Waals surface area (Å²) in [5.74, 6) is 0. The van der Waals surface area contributed by atoms with Gasteiger partial charge in [-0.2, -0.15) is 0 Å². The molecule has 0 heterocycles. The summed E-state index contributed by atoms with van der Waals surface area (Å²) in [6, 6.07) is 0.566. The largest absolute Gasteiger partial charge is 0.389 e. The van der Waals surface area contributed by atoms with Crippen molar-refractivity contribution in [3.63, 3.8) is 0 Å². The Kier molecular flexibility index (Phi) is 5.73. The Balaban J connectivity index is 2.24. The lowest BCUT2D eigenvalue weighted by atomic mass is 9.91. The van der Waals surface area contributed by atoms with E-state index in [1.54, 1.807) is 7.11 Å². The Hall–Kier alpha value is -0.120. The average molecular weight is 229 g/mol. The molecule has 0 amide bonds. The van der Waals surface area contributed by atoms with Crippen LogP contribution in [0.2, 0.25) is 0 Å². The number of nitrogens with one attached hydrogen (secondary N) is 1. The minimum absolute atomic E-state index is 0.453. The number of ether oxygens (including phenoxy) is 1. The van der Waals surface area contributed by atoms with Gasteiger partial charge in [-0.05, 0) is 38.5 Å². The van der Waals surface area contributed by atoms with E-state index in [-0.39, 0.29) is 0 Å². The van der Waals surface area contributed by atoms with Gasteiger partial charge in [-0.1, -0.05) is 13.8 Å². The third-order valence-electron chi connectivity index (χ3n) is 4.04. The molecular formula is C13H27NO2. The van der Waals surface area contributed by atoms with E-state index in [0.717, 1.165) is 32.2 Å². The number of hydrogen-bond acceptors (Lipinski definition) is 3. The standard InChI is InChI=1S/C13H27NO2/c1-4-13(15,5-2)10-14-11-6-8-12(16-3)9-7-11/h11-12,14-15H,4-10H2,1-3H3. The lowest BCUT2D eigenvalue weighted by molar-refractivity contribution is 0.0228. The maximum Gasteiger partial charge on any atom is 0.0766 e. The van der Waals surface area contributed by atoms with Crippen molar-refractivity contribution in [2.75, 3.05) is 13.7 Å². The van der Waals surface area contributed by atoms with Gasteiger partial charge >= 0.3 is 0 Å². The molecule has 3 nitrogen and oxygen atoms in total. The summed E-state index contributed by atoms with van der Waals surface area (Å²) in [7, 11) is 1.80. The summed E-state index contributed by atoms with van der Waals surface area (Å²) in [5.41, 5.74) is -0.516. The molecule has 0 unspecified atom stereocenters. The highest BCUT2D eigenvalue weighted by Gasteiger charge is 2.25. The van der Waals surface area contributed by atoms with Crippen molar-refractivity contribution in [1.82, 2.24) is 5.32 Å². The highest BCUT2D eigenvalue weighted by atomic mass is 16.5. The van der Waals surface area contributed by atoms with Crippen LogP contribution in [-0.4, -0.2) is 36.5 Å². The number of methoxy groups -OCH3 is 1. The molecule has 1 aliphatic rings. The minimum Gasteiger partial charge on any atom is -0.389 e. The molecule has 0 saturated heterocycles. The zero-order chi connectivity index (χ0) is 12.0. The molecule has 0 aliphatic heterocycles. The van der Waals surface area contributed by atoms with Crippen molar-refractivity contribution in [2.24, 2.45) is 0 Å². The van der Waals surface area contributed by atoms with Crippen molar-refractivity contribution in [2.45, 2.75) is 70.1 Å². The molecule has 1 aliphatic carbocycles.